The second-order valence-corrected chi connectivity index (χ2v) is 4.25. The van der Waals surface area contributed by atoms with Crippen LogP contribution in [0.3, 0.4) is 0 Å². The lowest BCUT2D eigenvalue weighted by atomic mass is 10.3. The van der Waals surface area contributed by atoms with Crippen LogP contribution >= 0.6 is 0 Å². The Morgan fingerprint density at radius 3 is 2.52 bits per heavy atom. The summed E-state index contributed by atoms with van der Waals surface area (Å²) in [6, 6.07) is 5.47. The zero-order valence-corrected chi connectivity index (χ0v) is 11.6. The molecule has 0 aliphatic heterocycles. The Morgan fingerprint density at radius 1 is 1.29 bits per heavy atom. The first-order valence-electron chi connectivity index (χ1n) is 6.30. The molecule has 8 heteroatoms. The lowest BCUT2D eigenvalue weighted by Gasteiger charge is -2.10. The third kappa shape index (κ3) is 3.41. The van der Waals surface area contributed by atoms with Crippen molar-refractivity contribution in [1.82, 2.24) is 9.97 Å². The summed E-state index contributed by atoms with van der Waals surface area (Å²) in [5, 5.41) is 16.9. The van der Waals surface area contributed by atoms with E-state index in [0.717, 1.165) is 0 Å². The zero-order valence-electron chi connectivity index (χ0n) is 11.6. The Kier molecular flexibility index (Phi) is 4.27. The van der Waals surface area contributed by atoms with Crippen LogP contribution < -0.4 is 10.6 Å². The molecule has 0 fully saturated rings. The van der Waals surface area contributed by atoms with Crippen molar-refractivity contribution >= 4 is 23.1 Å². The molecule has 2 rings (SSSR count). The summed E-state index contributed by atoms with van der Waals surface area (Å²) in [6.45, 7) is 4.00. The maximum absolute atomic E-state index is 12.9. The Labute approximate surface area is 120 Å². The lowest BCUT2D eigenvalue weighted by Crippen LogP contribution is -2.09. The second-order valence-electron chi connectivity index (χ2n) is 4.25. The van der Waals surface area contributed by atoms with Gasteiger partial charge in [0.2, 0.25) is 11.8 Å². The maximum Gasteiger partial charge on any atom is 0.332 e. The van der Waals surface area contributed by atoms with Gasteiger partial charge in [0.25, 0.3) is 0 Å². The van der Waals surface area contributed by atoms with Crippen LogP contribution in [0.4, 0.5) is 27.5 Å². The average molecular weight is 291 g/mol. The highest BCUT2D eigenvalue weighted by molar-refractivity contribution is 5.68. The molecule has 0 aliphatic carbocycles. The molecule has 0 unspecified atom stereocenters. The number of aromatic nitrogens is 2. The minimum Gasteiger partial charge on any atom is -0.354 e. The summed E-state index contributed by atoms with van der Waals surface area (Å²) in [4.78, 5) is 18.7. The van der Waals surface area contributed by atoms with E-state index in [-0.39, 0.29) is 23.0 Å². The van der Waals surface area contributed by atoms with Gasteiger partial charge >= 0.3 is 5.69 Å². The number of rotatable bonds is 5. The zero-order chi connectivity index (χ0) is 15.4. The summed E-state index contributed by atoms with van der Waals surface area (Å²) in [7, 11) is 0. The molecule has 0 amide bonds. The minimum absolute atomic E-state index is 0.0649. The second kappa shape index (κ2) is 6.12. The molecule has 0 bridgehead atoms. The monoisotopic (exact) mass is 291 g/mol. The van der Waals surface area contributed by atoms with Crippen LogP contribution in [0.1, 0.15) is 12.6 Å². The number of nitro groups is 1. The van der Waals surface area contributed by atoms with Crippen LogP contribution in [0.5, 0.6) is 0 Å². The van der Waals surface area contributed by atoms with Crippen molar-refractivity contribution in [3.05, 3.63) is 45.9 Å². The molecule has 110 valence electrons. The van der Waals surface area contributed by atoms with Gasteiger partial charge in [-0.25, -0.2) is 9.37 Å². The van der Waals surface area contributed by atoms with Crippen molar-refractivity contribution < 1.29 is 9.31 Å². The normalized spacial score (nSPS) is 10.2. The van der Waals surface area contributed by atoms with E-state index in [1.54, 1.807) is 0 Å². The Hall–Kier alpha value is -2.77. The molecule has 21 heavy (non-hydrogen) atoms. The molecule has 2 N–H and O–H groups in total. The lowest BCUT2D eigenvalue weighted by molar-refractivity contribution is -0.385. The number of nitrogens with one attached hydrogen (secondary N) is 2. The first-order chi connectivity index (χ1) is 10.0. The van der Waals surface area contributed by atoms with Crippen LogP contribution in [0.25, 0.3) is 0 Å². The highest BCUT2D eigenvalue weighted by atomic mass is 19.1. The number of nitrogens with zero attached hydrogens (tertiary/aromatic N) is 3. The van der Waals surface area contributed by atoms with Crippen LogP contribution in [-0.2, 0) is 0 Å². The summed E-state index contributed by atoms with van der Waals surface area (Å²) in [5.41, 5.74) is 0.539. The van der Waals surface area contributed by atoms with E-state index in [2.05, 4.69) is 20.6 Å². The molecule has 0 radical (unpaired) electrons. The number of halogens is 1. The van der Waals surface area contributed by atoms with Gasteiger partial charge in [-0.2, -0.15) is 4.98 Å². The van der Waals surface area contributed by atoms with Crippen molar-refractivity contribution in [3.8, 4) is 0 Å². The van der Waals surface area contributed by atoms with Crippen molar-refractivity contribution in [2.75, 3.05) is 17.2 Å². The van der Waals surface area contributed by atoms with E-state index in [1.165, 1.54) is 31.2 Å². The molecule has 1 aromatic heterocycles. The van der Waals surface area contributed by atoms with E-state index in [4.69, 9.17) is 0 Å². The molecule has 0 aliphatic rings. The summed E-state index contributed by atoms with van der Waals surface area (Å²) in [6.07, 6.45) is 0. The third-order valence-corrected chi connectivity index (χ3v) is 2.68. The summed E-state index contributed by atoms with van der Waals surface area (Å²) < 4.78 is 12.9. The van der Waals surface area contributed by atoms with E-state index in [0.29, 0.717) is 18.2 Å². The van der Waals surface area contributed by atoms with Gasteiger partial charge in [-0.05, 0) is 38.1 Å². The molecule has 1 heterocycles. The number of aryl methyl sites for hydroxylation is 1. The van der Waals surface area contributed by atoms with Gasteiger partial charge < -0.3 is 10.6 Å². The molecule has 0 saturated carbocycles. The fourth-order valence-corrected chi connectivity index (χ4v) is 1.78. The van der Waals surface area contributed by atoms with E-state index < -0.39 is 4.92 Å². The van der Waals surface area contributed by atoms with Crippen LogP contribution in [-0.4, -0.2) is 21.4 Å². The van der Waals surface area contributed by atoms with Crippen LogP contribution in [0.15, 0.2) is 24.3 Å². The predicted molar refractivity (Wildman–Crippen MR) is 77.3 cm³/mol. The van der Waals surface area contributed by atoms with Crippen molar-refractivity contribution in [3.63, 3.8) is 0 Å². The highest BCUT2D eigenvalue weighted by Crippen LogP contribution is 2.29. The van der Waals surface area contributed by atoms with E-state index in [9.17, 15) is 14.5 Å². The Bertz CT molecular complexity index is 660. The predicted octanol–water partition coefficient (Wildman–Crippen LogP) is 3.01. The van der Waals surface area contributed by atoms with Gasteiger partial charge in [0, 0.05) is 12.2 Å². The highest BCUT2D eigenvalue weighted by Gasteiger charge is 2.22. The van der Waals surface area contributed by atoms with Gasteiger partial charge in [0.05, 0.1) is 4.92 Å². The molecule has 0 atom stereocenters. The van der Waals surface area contributed by atoms with Crippen molar-refractivity contribution in [1.29, 1.82) is 0 Å². The molecule has 0 saturated heterocycles. The fourth-order valence-electron chi connectivity index (χ4n) is 1.78. The molecule has 0 spiro atoms. The number of benzene rings is 1. The fraction of sp³-hybridized carbons (Fsp3) is 0.231. The van der Waals surface area contributed by atoms with Crippen molar-refractivity contribution in [2.24, 2.45) is 0 Å². The molecular formula is C13H14FN5O2. The van der Waals surface area contributed by atoms with Crippen LogP contribution in [0.2, 0.25) is 0 Å². The Balaban J connectivity index is 2.43. The van der Waals surface area contributed by atoms with Crippen molar-refractivity contribution in [2.45, 2.75) is 13.8 Å². The SMILES string of the molecule is CCNc1nc(C)c([N+](=O)[O-])c(Nc2ccc(F)cc2)n1. The maximum atomic E-state index is 12.9. The van der Waals surface area contributed by atoms with E-state index >= 15 is 0 Å². The molecular weight excluding hydrogens is 277 g/mol. The van der Waals surface area contributed by atoms with Gasteiger partial charge in [0.1, 0.15) is 11.5 Å². The van der Waals surface area contributed by atoms with Gasteiger partial charge in [-0.1, -0.05) is 0 Å². The summed E-state index contributed by atoms with van der Waals surface area (Å²) >= 11 is 0. The first kappa shape index (κ1) is 14.6. The van der Waals surface area contributed by atoms with Gasteiger partial charge in [-0.3, -0.25) is 10.1 Å². The van der Waals surface area contributed by atoms with E-state index in [1.807, 2.05) is 6.92 Å². The number of hydrogen-bond donors (Lipinski definition) is 2. The average Bonchev–Trinajstić information content (AvgIpc) is 2.41. The van der Waals surface area contributed by atoms with Crippen LogP contribution in [0, 0.1) is 22.9 Å². The smallest absolute Gasteiger partial charge is 0.332 e. The van der Waals surface area contributed by atoms with Gasteiger partial charge in [-0.15, -0.1) is 0 Å². The topological polar surface area (TPSA) is 93.0 Å². The molecule has 7 nitrogen and oxygen atoms in total. The number of hydrogen-bond acceptors (Lipinski definition) is 6. The largest absolute Gasteiger partial charge is 0.354 e. The summed E-state index contributed by atoms with van der Waals surface area (Å²) in [5.74, 6) is -0.0254. The molecule has 1 aromatic carbocycles. The number of anilines is 3. The third-order valence-electron chi connectivity index (χ3n) is 2.68. The quantitative estimate of drug-likeness (QED) is 0.649. The minimum atomic E-state index is -0.545. The standard InChI is InChI=1S/C13H14FN5O2/c1-3-15-13-16-8(2)11(19(20)21)12(18-13)17-10-6-4-9(14)5-7-10/h4-7H,3H2,1-2H3,(H2,15,16,17,18). The molecule has 2 aromatic rings. The van der Waals surface area contributed by atoms with Gasteiger partial charge in [0.15, 0.2) is 0 Å². The first-order valence-corrected chi connectivity index (χ1v) is 6.30. The Morgan fingerprint density at radius 2 is 1.95 bits per heavy atom.